The van der Waals surface area contributed by atoms with Gasteiger partial charge in [-0.1, -0.05) is 13.8 Å². The maximum Gasteiger partial charge on any atom is 0.176 e. The predicted molar refractivity (Wildman–Crippen MR) is 207 cm³/mol. The van der Waals surface area contributed by atoms with Gasteiger partial charge < -0.3 is 40.8 Å². The van der Waals surface area contributed by atoms with Crippen molar-refractivity contribution >= 4 is 52.1 Å². The Balaban J connectivity index is 0.000000347. The summed E-state index contributed by atoms with van der Waals surface area (Å²) in [5.74, 6) is 0. The van der Waals surface area contributed by atoms with E-state index in [0.29, 0.717) is 18.3 Å². The van der Waals surface area contributed by atoms with E-state index < -0.39 is 52.1 Å². The minimum absolute atomic E-state index is 0.389. The molecule has 46 heavy (non-hydrogen) atoms. The fourth-order valence-electron chi connectivity index (χ4n) is 4.89. The highest BCUT2D eigenvalue weighted by Crippen LogP contribution is 2.21. The lowest BCUT2D eigenvalue weighted by molar-refractivity contribution is 0.116. The van der Waals surface area contributed by atoms with Gasteiger partial charge in [0, 0.05) is 19.8 Å². The molecule has 3 heterocycles. The van der Waals surface area contributed by atoms with Crippen LogP contribution in [0.4, 0.5) is 0 Å². The van der Waals surface area contributed by atoms with Crippen molar-refractivity contribution in [1.29, 1.82) is 0 Å². The Bertz CT molecular complexity index is 756. The molecule has 0 N–H and O–H groups in total. The predicted octanol–water partition coefficient (Wildman–Crippen LogP) is 6.38. The first kappa shape index (κ1) is 45.0. The Morgan fingerprint density at radius 1 is 0.565 bits per heavy atom. The Morgan fingerprint density at radius 2 is 0.957 bits per heavy atom. The molecule has 3 aliphatic rings. The van der Waals surface area contributed by atoms with Gasteiger partial charge in [0.25, 0.3) is 0 Å². The molecule has 15 heteroatoms. The Morgan fingerprint density at radius 3 is 1.33 bits per heavy atom. The van der Waals surface area contributed by atoms with E-state index in [1.54, 1.807) is 0 Å². The van der Waals surface area contributed by atoms with Crippen molar-refractivity contribution in [3.8, 4) is 0 Å². The minimum atomic E-state index is -1.42. The monoisotopic (exact) mass is 758 g/mol. The van der Waals surface area contributed by atoms with Crippen LogP contribution in [0.5, 0.6) is 0 Å². The molecule has 0 bridgehead atoms. The van der Waals surface area contributed by atoms with Crippen LogP contribution in [-0.2, 0) is 40.8 Å². The number of rotatable bonds is 25. The summed E-state index contributed by atoms with van der Waals surface area (Å²) in [6, 6.07) is 6.04. The highest BCUT2D eigenvalue weighted by atomic mass is 28.4. The smallest absolute Gasteiger partial charge is 0.176 e. The molecule has 5 unspecified atom stereocenters. The minimum Gasteiger partial charge on any atom is -0.458 e. The lowest BCUT2D eigenvalue weighted by atomic mass is 10.5. The normalized spacial score (nSPS) is 22.4. The van der Waals surface area contributed by atoms with E-state index in [4.69, 9.17) is 40.8 Å². The second-order valence-electron chi connectivity index (χ2n) is 15.0. The Kier molecular flexibility index (Phi) is 23.6. The van der Waals surface area contributed by atoms with Crippen molar-refractivity contribution in [2.45, 2.75) is 141 Å². The van der Waals surface area contributed by atoms with Crippen LogP contribution in [0, 0.1) is 0 Å². The Hall–Kier alpha value is 0.941. The molecule has 0 aliphatic carbocycles. The zero-order valence-corrected chi connectivity index (χ0v) is 38.4. The van der Waals surface area contributed by atoms with Gasteiger partial charge >= 0.3 is 0 Å². The molecule has 0 radical (unpaired) electrons. The summed E-state index contributed by atoms with van der Waals surface area (Å²) in [7, 11) is -6.84. The summed E-state index contributed by atoms with van der Waals surface area (Å²) in [5.41, 5.74) is 0. The van der Waals surface area contributed by atoms with Crippen molar-refractivity contribution in [2.24, 2.45) is 0 Å². The first-order chi connectivity index (χ1) is 21.6. The van der Waals surface area contributed by atoms with E-state index in [0.717, 1.165) is 78.3 Å². The van der Waals surface area contributed by atoms with Crippen LogP contribution in [0.25, 0.3) is 0 Å². The molecule has 276 valence electrons. The van der Waals surface area contributed by atoms with Gasteiger partial charge in [0.2, 0.25) is 0 Å². The number of ether oxygens (including phenoxy) is 6. The van der Waals surface area contributed by atoms with Gasteiger partial charge in [0.05, 0.1) is 39.6 Å². The third-order valence-electron chi connectivity index (χ3n) is 7.95. The molecular formula is C31H74O9Si6. The topological polar surface area (TPSA) is 93.0 Å². The highest BCUT2D eigenvalue weighted by Gasteiger charge is 2.29. The van der Waals surface area contributed by atoms with Gasteiger partial charge in [-0.3, -0.25) is 0 Å². The van der Waals surface area contributed by atoms with Crippen LogP contribution in [-0.4, -0.2) is 130 Å². The van der Waals surface area contributed by atoms with E-state index in [1.807, 2.05) is 0 Å². The lowest BCUT2D eigenvalue weighted by Crippen LogP contribution is -2.38. The van der Waals surface area contributed by atoms with Gasteiger partial charge in [-0.05, 0) is 109 Å². The highest BCUT2D eigenvalue weighted by molar-refractivity contribution is 6.79. The van der Waals surface area contributed by atoms with Crippen molar-refractivity contribution in [2.75, 3.05) is 59.5 Å². The van der Waals surface area contributed by atoms with Crippen molar-refractivity contribution < 1.29 is 40.8 Å². The molecule has 3 aliphatic heterocycles. The van der Waals surface area contributed by atoms with Crippen molar-refractivity contribution in [1.82, 2.24) is 0 Å². The van der Waals surface area contributed by atoms with E-state index in [9.17, 15) is 0 Å². The molecular weight excluding hydrogens is 685 g/mol. The van der Waals surface area contributed by atoms with Crippen molar-refractivity contribution in [3.63, 3.8) is 0 Å². The summed E-state index contributed by atoms with van der Waals surface area (Å²) in [6.45, 7) is 34.9. The van der Waals surface area contributed by atoms with Crippen LogP contribution >= 0.6 is 0 Å². The van der Waals surface area contributed by atoms with Crippen LogP contribution in [0.15, 0.2) is 0 Å². The van der Waals surface area contributed by atoms with Crippen LogP contribution < -0.4 is 0 Å². The molecule has 3 rings (SSSR count). The lowest BCUT2D eigenvalue weighted by Gasteiger charge is -2.29. The number of epoxide rings is 3. The molecule has 3 saturated heterocycles. The first-order valence-corrected chi connectivity index (χ1v) is 35.3. The van der Waals surface area contributed by atoms with Crippen molar-refractivity contribution in [3.05, 3.63) is 0 Å². The van der Waals surface area contributed by atoms with E-state index >= 15 is 0 Å². The third kappa shape index (κ3) is 27.7. The molecule has 0 aromatic rings. The maximum absolute atomic E-state index is 6.37. The average molecular weight is 759 g/mol. The zero-order valence-electron chi connectivity index (χ0n) is 32.0. The van der Waals surface area contributed by atoms with Gasteiger partial charge in [0.1, 0.15) is 18.3 Å². The zero-order chi connectivity index (χ0) is 34.6. The molecule has 3 fully saturated rings. The first-order valence-electron chi connectivity index (χ1n) is 18.2. The van der Waals surface area contributed by atoms with Crippen LogP contribution in [0.2, 0.25) is 95.7 Å². The summed E-state index contributed by atoms with van der Waals surface area (Å²) >= 11 is 0. The molecule has 0 aromatic carbocycles. The third-order valence-corrected chi connectivity index (χ3v) is 27.7. The van der Waals surface area contributed by atoms with Gasteiger partial charge in [-0.15, -0.1) is 0 Å². The standard InChI is InChI=1S/C12H28O3Si2.C10H24O3Si2.C9H22O3Si2/c1-5-16(3)15-17(4,6-2)9-7-8-13-10-12-11-14-12;1-14(2)13-15(3,4)7-5-6-11-8-10-9-12-10;1-13(2)12-14(3,4)6-5-10-7-9-8-11-9/h12,16H,5-11H2,1-4H3;10,14H,5-9H2,1-4H3;9,13H,5-8H2,1-4H3. The van der Waals surface area contributed by atoms with Crippen LogP contribution in [0.1, 0.15) is 26.7 Å². The molecule has 0 spiro atoms. The average Bonchev–Trinajstić information content (AvgIpc) is 3.78. The molecule has 0 aromatic heterocycles. The summed E-state index contributed by atoms with van der Waals surface area (Å²) in [5, 5.41) is 0. The van der Waals surface area contributed by atoms with Gasteiger partial charge in [-0.25, -0.2) is 0 Å². The second kappa shape index (κ2) is 24.2. The van der Waals surface area contributed by atoms with E-state index in [1.165, 1.54) is 24.2 Å². The molecule has 0 saturated carbocycles. The molecule has 9 nitrogen and oxygen atoms in total. The summed E-state index contributed by atoms with van der Waals surface area (Å²) in [4.78, 5) is 0. The molecule has 5 atom stereocenters. The maximum atomic E-state index is 6.37. The number of hydrogen-bond donors (Lipinski definition) is 0. The largest absolute Gasteiger partial charge is 0.458 e. The molecule has 0 amide bonds. The number of hydrogen-bond acceptors (Lipinski definition) is 9. The summed E-state index contributed by atoms with van der Waals surface area (Å²) in [6.07, 6.45) is 3.46. The fourth-order valence-corrected chi connectivity index (χ4v) is 24.6. The SMILES string of the molecule is CC[SiH](C)O[Si](C)(CC)CCCOCC1CO1.C[SiH](C)O[Si](C)(C)CCCOCC1CO1.C[SiH](C)O[Si](C)(C)CCOCC1CO1. The van der Waals surface area contributed by atoms with Gasteiger partial charge in [-0.2, -0.15) is 0 Å². The fraction of sp³-hybridized carbons (Fsp3) is 1.00. The van der Waals surface area contributed by atoms with E-state index in [2.05, 4.69) is 79.3 Å². The van der Waals surface area contributed by atoms with Crippen LogP contribution in [0.3, 0.4) is 0 Å². The van der Waals surface area contributed by atoms with Gasteiger partial charge in [0.15, 0.2) is 52.1 Å². The summed E-state index contributed by atoms with van der Waals surface area (Å²) < 4.78 is 50.3. The Labute approximate surface area is 292 Å². The van der Waals surface area contributed by atoms with E-state index in [-0.39, 0.29) is 0 Å². The second-order valence-corrected chi connectivity index (χ2v) is 36.6. The quantitative estimate of drug-likeness (QED) is 0.0598.